The second kappa shape index (κ2) is 4.04. The highest BCUT2D eigenvalue weighted by molar-refractivity contribution is 5.59. The van der Waals surface area contributed by atoms with Crippen molar-refractivity contribution < 1.29 is 9.13 Å². The number of methoxy groups -OCH3 is 1. The Kier molecular flexibility index (Phi) is 2.58. The average Bonchev–Trinajstić information content (AvgIpc) is 2.30. The van der Waals surface area contributed by atoms with Gasteiger partial charge in [0.15, 0.2) is 0 Å². The van der Waals surface area contributed by atoms with Crippen LogP contribution in [0.25, 0.3) is 11.3 Å². The van der Waals surface area contributed by atoms with Crippen molar-refractivity contribution in [3.8, 4) is 17.1 Å². The lowest BCUT2D eigenvalue weighted by Gasteiger charge is -2.02. The molecule has 76 valence electrons. The molecule has 1 heterocycles. The third kappa shape index (κ3) is 2.10. The highest BCUT2D eigenvalue weighted by Gasteiger charge is 2.01. The molecule has 0 bridgehead atoms. The van der Waals surface area contributed by atoms with Crippen LogP contribution < -0.4 is 4.74 Å². The average molecular weight is 204 g/mol. The van der Waals surface area contributed by atoms with Crippen LogP contribution in [0.15, 0.2) is 36.7 Å². The monoisotopic (exact) mass is 204 g/mol. The zero-order chi connectivity index (χ0) is 10.7. The van der Waals surface area contributed by atoms with E-state index in [4.69, 9.17) is 4.74 Å². The van der Waals surface area contributed by atoms with E-state index >= 15 is 0 Å². The van der Waals surface area contributed by atoms with Gasteiger partial charge in [-0.2, -0.15) is 0 Å². The molecule has 1 aromatic heterocycles. The molecule has 2 rings (SSSR count). The van der Waals surface area contributed by atoms with E-state index in [0.29, 0.717) is 11.6 Å². The van der Waals surface area contributed by atoms with Gasteiger partial charge < -0.3 is 4.74 Å². The summed E-state index contributed by atoms with van der Waals surface area (Å²) in [7, 11) is 1.54. The van der Waals surface area contributed by atoms with Gasteiger partial charge in [0, 0.05) is 11.6 Å². The van der Waals surface area contributed by atoms with Crippen molar-refractivity contribution in [3.63, 3.8) is 0 Å². The van der Waals surface area contributed by atoms with E-state index in [2.05, 4.69) is 9.97 Å². The lowest BCUT2D eigenvalue weighted by atomic mass is 10.1. The summed E-state index contributed by atoms with van der Waals surface area (Å²) in [6.07, 6.45) is 1.41. The van der Waals surface area contributed by atoms with Crippen molar-refractivity contribution >= 4 is 0 Å². The first-order chi connectivity index (χ1) is 7.29. The van der Waals surface area contributed by atoms with Crippen molar-refractivity contribution in [2.24, 2.45) is 0 Å². The highest BCUT2D eigenvalue weighted by Crippen LogP contribution is 2.19. The number of ether oxygens (including phenoxy) is 1. The van der Waals surface area contributed by atoms with Crippen LogP contribution in [0, 0.1) is 5.82 Å². The number of nitrogens with zero attached hydrogens (tertiary/aromatic N) is 2. The zero-order valence-corrected chi connectivity index (χ0v) is 8.14. The molecule has 0 radical (unpaired) electrons. The second-order valence-corrected chi connectivity index (χ2v) is 2.95. The van der Waals surface area contributed by atoms with Crippen LogP contribution in [0.4, 0.5) is 4.39 Å². The predicted molar refractivity (Wildman–Crippen MR) is 54.0 cm³/mol. The molecule has 0 spiro atoms. The normalized spacial score (nSPS) is 10.0. The summed E-state index contributed by atoms with van der Waals surface area (Å²) in [6.45, 7) is 0. The zero-order valence-electron chi connectivity index (χ0n) is 8.14. The predicted octanol–water partition coefficient (Wildman–Crippen LogP) is 2.29. The van der Waals surface area contributed by atoms with Crippen LogP contribution in [-0.4, -0.2) is 17.1 Å². The van der Waals surface area contributed by atoms with Gasteiger partial charge in [-0.3, -0.25) is 0 Å². The fourth-order valence-corrected chi connectivity index (χ4v) is 1.23. The molecule has 0 aliphatic heterocycles. The molecule has 0 fully saturated rings. The van der Waals surface area contributed by atoms with Gasteiger partial charge in [-0.05, 0) is 24.3 Å². The molecular formula is C11H9FN2O. The molecule has 0 aliphatic carbocycles. The van der Waals surface area contributed by atoms with E-state index < -0.39 is 0 Å². The van der Waals surface area contributed by atoms with Crippen molar-refractivity contribution in [1.82, 2.24) is 9.97 Å². The van der Waals surface area contributed by atoms with Crippen LogP contribution in [0.2, 0.25) is 0 Å². The Hall–Kier alpha value is -1.97. The first-order valence-electron chi connectivity index (χ1n) is 4.41. The van der Waals surface area contributed by atoms with Gasteiger partial charge in [0.05, 0.1) is 12.8 Å². The first kappa shape index (κ1) is 9.58. The number of aromatic nitrogens is 2. The molecule has 1 aromatic carbocycles. The summed E-state index contributed by atoms with van der Waals surface area (Å²) >= 11 is 0. The fourth-order valence-electron chi connectivity index (χ4n) is 1.23. The molecular weight excluding hydrogens is 195 g/mol. The van der Waals surface area contributed by atoms with Crippen LogP contribution in [-0.2, 0) is 0 Å². The quantitative estimate of drug-likeness (QED) is 0.752. The number of hydrogen-bond donors (Lipinski definition) is 0. The fraction of sp³-hybridized carbons (Fsp3) is 0.0909. The molecule has 0 atom stereocenters. The van der Waals surface area contributed by atoms with Gasteiger partial charge in [-0.15, -0.1) is 0 Å². The molecule has 0 N–H and O–H groups in total. The van der Waals surface area contributed by atoms with E-state index in [1.165, 1.54) is 25.6 Å². The molecule has 3 nitrogen and oxygen atoms in total. The van der Waals surface area contributed by atoms with Crippen LogP contribution in [0.5, 0.6) is 5.88 Å². The summed E-state index contributed by atoms with van der Waals surface area (Å²) < 4.78 is 17.7. The molecule has 0 aliphatic rings. The van der Waals surface area contributed by atoms with Gasteiger partial charge in [0.1, 0.15) is 12.1 Å². The lowest BCUT2D eigenvalue weighted by molar-refractivity contribution is 0.397. The summed E-state index contributed by atoms with van der Waals surface area (Å²) in [5.74, 6) is 0.226. The minimum absolute atomic E-state index is 0.264. The van der Waals surface area contributed by atoms with E-state index in [9.17, 15) is 4.39 Å². The largest absolute Gasteiger partial charge is 0.481 e. The van der Waals surface area contributed by atoms with E-state index in [-0.39, 0.29) is 5.82 Å². The third-order valence-corrected chi connectivity index (χ3v) is 1.99. The summed E-state index contributed by atoms with van der Waals surface area (Å²) in [4.78, 5) is 7.97. The maximum absolute atomic E-state index is 12.7. The molecule has 0 saturated heterocycles. The van der Waals surface area contributed by atoms with Crippen molar-refractivity contribution in [2.75, 3.05) is 7.11 Å². The Labute approximate surface area is 86.6 Å². The Morgan fingerprint density at radius 2 is 1.87 bits per heavy atom. The molecule has 2 aromatic rings. The van der Waals surface area contributed by atoms with Gasteiger partial charge in [0.2, 0.25) is 5.88 Å². The smallest absolute Gasteiger partial charge is 0.216 e. The first-order valence-corrected chi connectivity index (χ1v) is 4.41. The SMILES string of the molecule is COc1cc(-c2ccc(F)cc2)ncn1. The molecule has 0 unspecified atom stereocenters. The maximum atomic E-state index is 12.7. The van der Waals surface area contributed by atoms with Crippen LogP contribution in [0.1, 0.15) is 0 Å². The standard InChI is InChI=1S/C11H9FN2O/c1-15-11-6-10(13-7-14-11)8-2-4-9(12)5-3-8/h2-7H,1H3. The second-order valence-electron chi connectivity index (χ2n) is 2.95. The van der Waals surface area contributed by atoms with Gasteiger partial charge in [-0.1, -0.05) is 0 Å². The summed E-state index contributed by atoms with van der Waals surface area (Å²) in [5, 5.41) is 0. The van der Waals surface area contributed by atoms with Crippen molar-refractivity contribution in [3.05, 3.63) is 42.5 Å². The number of hydrogen-bond acceptors (Lipinski definition) is 3. The van der Waals surface area contributed by atoms with Crippen molar-refractivity contribution in [2.45, 2.75) is 0 Å². The van der Waals surface area contributed by atoms with Crippen molar-refractivity contribution in [1.29, 1.82) is 0 Å². The maximum Gasteiger partial charge on any atom is 0.216 e. The van der Waals surface area contributed by atoms with Gasteiger partial charge in [0.25, 0.3) is 0 Å². The minimum atomic E-state index is -0.264. The Morgan fingerprint density at radius 1 is 1.13 bits per heavy atom. The number of benzene rings is 1. The highest BCUT2D eigenvalue weighted by atomic mass is 19.1. The topological polar surface area (TPSA) is 35.0 Å². The molecule has 4 heteroatoms. The number of rotatable bonds is 2. The Balaban J connectivity index is 2.40. The van der Waals surface area contributed by atoms with Crippen LogP contribution in [0.3, 0.4) is 0 Å². The Morgan fingerprint density at radius 3 is 2.53 bits per heavy atom. The summed E-state index contributed by atoms with van der Waals surface area (Å²) in [6, 6.07) is 7.81. The number of halogens is 1. The summed E-state index contributed by atoms with van der Waals surface area (Å²) in [5.41, 5.74) is 1.54. The van der Waals surface area contributed by atoms with Gasteiger partial charge in [-0.25, -0.2) is 14.4 Å². The minimum Gasteiger partial charge on any atom is -0.481 e. The Bertz CT molecular complexity index is 456. The van der Waals surface area contributed by atoms with E-state index in [1.54, 1.807) is 18.2 Å². The molecule has 0 amide bonds. The van der Waals surface area contributed by atoms with Crippen LogP contribution >= 0.6 is 0 Å². The third-order valence-electron chi connectivity index (χ3n) is 1.99. The molecule has 15 heavy (non-hydrogen) atoms. The van der Waals surface area contributed by atoms with E-state index in [1.807, 2.05) is 0 Å². The molecule has 0 saturated carbocycles. The van der Waals surface area contributed by atoms with E-state index in [0.717, 1.165) is 5.56 Å². The van der Waals surface area contributed by atoms with Gasteiger partial charge >= 0.3 is 0 Å². The lowest BCUT2D eigenvalue weighted by Crippen LogP contribution is -1.90.